The SMILES string of the molecule is CC=CC=CCCCCCCCCCCC(O)=C1C(=O)CCCC1=O. The Bertz CT molecular complexity index is 479. The molecule has 25 heavy (non-hydrogen) atoms. The van der Waals surface area contributed by atoms with Gasteiger partial charge in [0.05, 0.1) is 5.57 Å². The van der Waals surface area contributed by atoms with Crippen molar-refractivity contribution in [3.63, 3.8) is 0 Å². The second-order valence-corrected chi connectivity index (χ2v) is 6.84. The van der Waals surface area contributed by atoms with Crippen LogP contribution in [0.3, 0.4) is 0 Å². The molecule has 0 aromatic carbocycles. The fourth-order valence-electron chi connectivity index (χ4n) is 3.16. The van der Waals surface area contributed by atoms with E-state index in [9.17, 15) is 14.7 Å². The highest BCUT2D eigenvalue weighted by molar-refractivity contribution is 6.21. The summed E-state index contributed by atoms with van der Waals surface area (Å²) in [6.45, 7) is 2.03. The zero-order chi connectivity index (χ0) is 18.3. The van der Waals surface area contributed by atoms with Crippen LogP contribution in [0.1, 0.15) is 90.4 Å². The molecule has 1 fully saturated rings. The summed E-state index contributed by atoms with van der Waals surface area (Å²) >= 11 is 0. The minimum absolute atomic E-state index is 0.0284. The van der Waals surface area contributed by atoms with Crippen LogP contribution in [0, 0.1) is 0 Å². The van der Waals surface area contributed by atoms with Gasteiger partial charge in [0.2, 0.25) is 0 Å². The number of aliphatic hydroxyl groups is 1. The quantitative estimate of drug-likeness (QED) is 0.151. The molecule has 0 saturated heterocycles. The van der Waals surface area contributed by atoms with Crippen molar-refractivity contribution in [1.82, 2.24) is 0 Å². The molecule has 0 aromatic rings. The second kappa shape index (κ2) is 13.6. The van der Waals surface area contributed by atoms with Crippen molar-refractivity contribution < 1.29 is 14.7 Å². The number of unbranched alkanes of at least 4 members (excludes halogenated alkanes) is 8. The Morgan fingerprint density at radius 3 is 2.04 bits per heavy atom. The van der Waals surface area contributed by atoms with E-state index in [1.165, 1.54) is 32.1 Å². The molecule has 1 saturated carbocycles. The van der Waals surface area contributed by atoms with E-state index < -0.39 is 0 Å². The summed E-state index contributed by atoms with van der Waals surface area (Å²) in [7, 11) is 0. The van der Waals surface area contributed by atoms with Crippen molar-refractivity contribution in [3.05, 3.63) is 35.6 Å². The average Bonchev–Trinajstić information content (AvgIpc) is 2.59. The molecule has 140 valence electrons. The van der Waals surface area contributed by atoms with E-state index in [0.29, 0.717) is 25.7 Å². The number of aliphatic hydroxyl groups excluding tert-OH is 1. The molecule has 0 aromatic heterocycles. The first-order chi connectivity index (χ1) is 12.2. The van der Waals surface area contributed by atoms with E-state index in [4.69, 9.17) is 0 Å². The van der Waals surface area contributed by atoms with Crippen molar-refractivity contribution in [2.45, 2.75) is 90.4 Å². The highest BCUT2D eigenvalue weighted by Gasteiger charge is 2.26. The second-order valence-electron chi connectivity index (χ2n) is 6.84. The molecule has 3 nitrogen and oxygen atoms in total. The van der Waals surface area contributed by atoms with Gasteiger partial charge in [-0.25, -0.2) is 0 Å². The van der Waals surface area contributed by atoms with Crippen LogP contribution in [0.5, 0.6) is 0 Å². The molecule has 0 spiro atoms. The van der Waals surface area contributed by atoms with Gasteiger partial charge in [-0.05, 0) is 32.6 Å². The largest absolute Gasteiger partial charge is 0.511 e. The van der Waals surface area contributed by atoms with Crippen molar-refractivity contribution in [1.29, 1.82) is 0 Å². The molecule has 0 heterocycles. The van der Waals surface area contributed by atoms with E-state index >= 15 is 0 Å². The van der Waals surface area contributed by atoms with E-state index in [1.54, 1.807) is 0 Å². The number of Topliss-reactive ketones (excluding diaryl/α,β-unsaturated/α-hetero) is 2. The predicted molar refractivity (Wildman–Crippen MR) is 104 cm³/mol. The molecule has 0 aliphatic heterocycles. The van der Waals surface area contributed by atoms with Crippen LogP contribution >= 0.6 is 0 Å². The molecule has 0 amide bonds. The monoisotopic (exact) mass is 346 g/mol. The van der Waals surface area contributed by atoms with Gasteiger partial charge in [-0.3, -0.25) is 9.59 Å². The minimum Gasteiger partial charge on any atom is -0.511 e. The molecular formula is C22H34O3. The summed E-state index contributed by atoms with van der Waals surface area (Å²) in [4.78, 5) is 23.5. The Labute approximate surface area is 152 Å². The van der Waals surface area contributed by atoms with Crippen LogP contribution in [-0.4, -0.2) is 16.7 Å². The van der Waals surface area contributed by atoms with Crippen LogP contribution in [0.2, 0.25) is 0 Å². The van der Waals surface area contributed by atoms with Crippen LogP contribution in [0.4, 0.5) is 0 Å². The fourth-order valence-corrected chi connectivity index (χ4v) is 3.16. The van der Waals surface area contributed by atoms with Crippen LogP contribution < -0.4 is 0 Å². The lowest BCUT2D eigenvalue weighted by atomic mass is 9.90. The maximum absolute atomic E-state index is 11.7. The van der Waals surface area contributed by atoms with E-state index in [-0.39, 0.29) is 22.9 Å². The van der Waals surface area contributed by atoms with Gasteiger partial charge in [0.25, 0.3) is 0 Å². The highest BCUT2D eigenvalue weighted by atomic mass is 16.3. The van der Waals surface area contributed by atoms with Crippen molar-refractivity contribution in [3.8, 4) is 0 Å². The van der Waals surface area contributed by atoms with Crippen molar-refractivity contribution in [2.75, 3.05) is 0 Å². The maximum atomic E-state index is 11.7. The van der Waals surface area contributed by atoms with Crippen LogP contribution in [-0.2, 0) is 9.59 Å². The van der Waals surface area contributed by atoms with Gasteiger partial charge in [0, 0.05) is 19.3 Å². The Balaban J connectivity index is 2.01. The standard InChI is InChI=1S/C22H34O3/c1-2-3-4-5-6-7-8-9-10-11-12-13-14-16-19(23)22-20(24)17-15-18-21(22)25/h2-5,23H,6-18H2,1H3. The molecule has 1 aliphatic rings. The highest BCUT2D eigenvalue weighted by Crippen LogP contribution is 2.22. The first-order valence-corrected chi connectivity index (χ1v) is 9.93. The molecule has 1 aliphatic carbocycles. The third-order valence-corrected chi connectivity index (χ3v) is 4.63. The first kappa shape index (κ1) is 21.4. The number of rotatable bonds is 12. The maximum Gasteiger partial charge on any atom is 0.169 e. The normalized spacial score (nSPS) is 15.6. The Kier molecular flexibility index (Phi) is 11.7. The third-order valence-electron chi connectivity index (χ3n) is 4.63. The number of hydrogen-bond acceptors (Lipinski definition) is 3. The smallest absolute Gasteiger partial charge is 0.169 e. The summed E-state index contributed by atoms with van der Waals surface area (Å²) in [5.74, 6) is -0.315. The summed E-state index contributed by atoms with van der Waals surface area (Å²) in [6, 6.07) is 0. The number of carbonyl (C=O) groups excluding carboxylic acids is 2. The molecule has 3 heteroatoms. The molecule has 0 unspecified atom stereocenters. The lowest BCUT2D eigenvalue weighted by molar-refractivity contribution is -0.124. The summed E-state index contributed by atoms with van der Waals surface area (Å²) in [6.07, 6.45) is 20.9. The summed E-state index contributed by atoms with van der Waals surface area (Å²) < 4.78 is 0. The van der Waals surface area contributed by atoms with Gasteiger partial charge >= 0.3 is 0 Å². The van der Waals surface area contributed by atoms with E-state index in [0.717, 1.165) is 25.7 Å². The Morgan fingerprint density at radius 1 is 0.880 bits per heavy atom. The molecule has 0 bridgehead atoms. The number of ketones is 2. The lowest BCUT2D eigenvalue weighted by Crippen LogP contribution is -2.20. The minimum atomic E-state index is -0.172. The van der Waals surface area contributed by atoms with Crippen LogP contribution in [0.25, 0.3) is 0 Å². The molecule has 0 atom stereocenters. The van der Waals surface area contributed by atoms with Gasteiger partial charge in [-0.15, -0.1) is 0 Å². The zero-order valence-corrected chi connectivity index (χ0v) is 15.8. The summed E-state index contributed by atoms with van der Waals surface area (Å²) in [5.41, 5.74) is 0.0923. The third kappa shape index (κ3) is 9.42. The van der Waals surface area contributed by atoms with Gasteiger partial charge in [0.15, 0.2) is 11.6 Å². The zero-order valence-electron chi connectivity index (χ0n) is 15.8. The first-order valence-electron chi connectivity index (χ1n) is 9.93. The predicted octanol–water partition coefficient (Wildman–Crippen LogP) is 6.15. The van der Waals surface area contributed by atoms with E-state index in [2.05, 4.69) is 18.2 Å². The Hall–Kier alpha value is -1.64. The summed E-state index contributed by atoms with van der Waals surface area (Å²) in [5, 5.41) is 10.0. The van der Waals surface area contributed by atoms with Gasteiger partial charge in [-0.2, -0.15) is 0 Å². The molecule has 1 N–H and O–H groups in total. The Morgan fingerprint density at radius 2 is 1.44 bits per heavy atom. The number of hydrogen-bond donors (Lipinski definition) is 1. The fraction of sp³-hybridized carbons (Fsp3) is 0.636. The van der Waals surface area contributed by atoms with Crippen molar-refractivity contribution >= 4 is 11.6 Å². The lowest BCUT2D eigenvalue weighted by Gasteiger charge is -2.13. The number of allylic oxidation sites excluding steroid dienone is 6. The molecular weight excluding hydrogens is 312 g/mol. The van der Waals surface area contributed by atoms with Gasteiger partial charge < -0.3 is 5.11 Å². The average molecular weight is 347 g/mol. The number of carbonyl (C=O) groups is 2. The van der Waals surface area contributed by atoms with Crippen molar-refractivity contribution in [2.24, 2.45) is 0 Å². The molecule has 0 radical (unpaired) electrons. The topological polar surface area (TPSA) is 54.4 Å². The van der Waals surface area contributed by atoms with Gasteiger partial charge in [0.1, 0.15) is 5.76 Å². The van der Waals surface area contributed by atoms with Gasteiger partial charge in [-0.1, -0.05) is 62.8 Å². The van der Waals surface area contributed by atoms with Crippen LogP contribution in [0.15, 0.2) is 35.6 Å². The van der Waals surface area contributed by atoms with E-state index in [1.807, 2.05) is 13.0 Å². The molecule has 1 rings (SSSR count).